The molecule has 2 unspecified atom stereocenters. The van der Waals surface area contributed by atoms with Crippen LogP contribution in [-0.4, -0.2) is 5.78 Å². The molecule has 0 radical (unpaired) electrons. The lowest BCUT2D eigenvalue weighted by molar-refractivity contribution is 0.0781. The minimum absolute atomic E-state index is 0.00130. The van der Waals surface area contributed by atoms with Crippen LogP contribution < -0.4 is 4.74 Å². The Morgan fingerprint density at radius 2 is 1.58 bits per heavy atom. The highest BCUT2D eigenvalue weighted by atomic mass is 127. The summed E-state index contributed by atoms with van der Waals surface area (Å²) in [5, 5.41) is 0. The Balaban J connectivity index is 1.86. The lowest BCUT2D eigenvalue weighted by Gasteiger charge is -2.33. The van der Waals surface area contributed by atoms with E-state index in [1.807, 2.05) is 49.4 Å². The zero-order valence-electron chi connectivity index (χ0n) is 14.1. The Hall–Kier alpha value is -2.21. The van der Waals surface area contributed by atoms with Gasteiger partial charge in [0.1, 0.15) is 17.7 Å². The Labute approximate surface area is 165 Å². The SMILES string of the molecule is Cc1ccc2c(c1)OC(c1ccc(I)cc1)C(c1ccc(F)cc1)C2=O. The zero-order valence-corrected chi connectivity index (χ0v) is 16.2. The van der Waals surface area contributed by atoms with Crippen molar-refractivity contribution in [3.05, 3.63) is 98.4 Å². The van der Waals surface area contributed by atoms with E-state index in [4.69, 9.17) is 4.74 Å². The van der Waals surface area contributed by atoms with E-state index in [-0.39, 0.29) is 11.6 Å². The number of ether oxygens (including phenoxy) is 1. The maximum absolute atomic E-state index is 13.4. The van der Waals surface area contributed by atoms with Gasteiger partial charge in [0.25, 0.3) is 0 Å². The molecule has 1 aliphatic rings. The van der Waals surface area contributed by atoms with Gasteiger partial charge in [0.2, 0.25) is 0 Å². The molecule has 0 spiro atoms. The summed E-state index contributed by atoms with van der Waals surface area (Å²) in [7, 11) is 0. The van der Waals surface area contributed by atoms with Gasteiger partial charge in [0.15, 0.2) is 5.78 Å². The molecule has 4 heteroatoms. The smallest absolute Gasteiger partial charge is 0.178 e. The first-order valence-electron chi connectivity index (χ1n) is 8.35. The molecule has 130 valence electrons. The van der Waals surface area contributed by atoms with Crippen molar-refractivity contribution in [2.45, 2.75) is 18.9 Å². The standard InChI is InChI=1S/C22H16FIO2/c1-13-2-11-18-19(12-13)26-22(15-5-9-17(24)10-6-15)20(21(18)25)14-3-7-16(23)8-4-14/h2-12,20,22H,1H3. The number of Topliss-reactive ketones (excluding diaryl/α,β-unsaturated/α-hetero) is 1. The summed E-state index contributed by atoms with van der Waals surface area (Å²) in [6.07, 6.45) is -0.445. The van der Waals surface area contributed by atoms with Crippen molar-refractivity contribution in [2.24, 2.45) is 0 Å². The number of rotatable bonds is 2. The van der Waals surface area contributed by atoms with E-state index >= 15 is 0 Å². The van der Waals surface area contributed by atoms with Gasteiger partial charge >= 0.3 is 0 Å². The summed E-state index contributed by atoms with van der Waals surface area (Å²) in [5.74, 6) is -0.219. The molecule has 1 aliphatic heterocycles. The first-order chi connectivity index (χ1) is 12.5. The Morgan fingerprint density at radius 1 is 0.923 bits per heavy atom. The van der Waals surface area contributed by atoms with Crippen molar-refractivity contribution >= 4 is 28.4 Å². The van der Waals surface area contributed by atoms with Gasteiger partial charge in [-0.3, -0.25) is 4.79 Å². The molecule has 26 heavy (non-hydrogen) atoms. The second kappa shape index (κ2) is 6.83. The van der Waals surface area contributed by atoms with Crippen molar-refractivity contribution in [2.75, 3.05) is 0 Å². The molecule has 0 saturated heterocycles. The van der Waals surface area contributed by atoms with Crippen LogP contribution >= 0.6 is 22.6 Å². The summed E-state index contributed by atoms with van der Waals surface area (Å²) < 4.78 is 20.8. The van der Waals surface area contributed by atoms with Gasteiger partial charge in [0, 0.05) is 3.57 Å². The molecule has 0 aromatic heterocycles. The van der Waals surface area contributed by atoms with Crippen LogP contribution in [0.25, 0.3) is 0 Å². The van der Waals surface area contributed by atoms with E-state index in [1.165, 1.54) is 12.1 Å². The number of carbonyl (C=O) groups is 1. The minimum atomic E-state index is -0.508. The van der Waals surface area contributed by atoms with E-state index in [9.17, 15) is 9.18 Å². The Bertz CT molecular complexity index is 964. The number of carbonyl (C=O) groups excluding carboxylic acids is 1. The predicted octanol–water partition coefficient (Wildman–Crippen LogP) is 5.84. The maximum Gasteiger partial charge on any atom is 0.178 e. The van der Waals surface area contributed by atoms with E-state index in [2.05, 4.69) is 22.6 Å². The lowest BCUT2D eigenvalue weighted by atomic mass is 9.81. The fourth-order valence-electron chi connectivity index (χ4n) is 3.35. The molecule has 2 nitrogen and oxygen atoms in total. The van der Waals surface area contributed by atoms with Crippen molar-refractivity contribution < 1.29 is 13.9 Å². The second-order valence-corrected chi connectivity index (χ2v) is 7.73. The van der Waals surface area contributed by atoms with Gasteiger partial charge in [-0.2, -0.15) is 0 Å². The molecule has 0 bridgehead atoms. The van der Waals surface area contributed by atoms with Crippen LogP contribution in [0.4, 0.5) is 4.39 Å². The van der Waals surface area contributed by atoms with Crippen LogP contribution in [0, 0.1) is 16.3 Å². The van der Waals surface area contributed by atoms with Gasteiger partial charge in [-0.15, -0.1) is 0 Å². The number of benzene rings is 3. The third-order valence-corrected chi connectivity index (χ3v) is 5.39. The normalized spacial score (nSPS) is 19.0. The fourth-order valence-corrected chi connectivity index (χ4v) is 3.71. The average Bonchev–Trinajstić information content (AvgIpc) is 2.63. The highest BCUT2D eigenvalue weighted by Crippen LogP contribution is 2.44. The number of fused-ring (bicyclic) bond motifs is 1. The van der Waals surface area contributed by atoms with E-state index in [0.29, 0.717) is 11.3 Å². The monoisotopic (exact) mass is 458 g/mol. The number of hydrogen-bond donors (Lipinski definition) is 0. The van der Waals surface area contributed by atoms with Gasteiger partial charge in [-0.1, -0.05) is 30.3 Å². The number of hydrogen-bond acceptors (Lipinski definition) is 2. The van der Waals surface area contributed by atoms with Gasteiger partial charge in [0.05, 0.1) is 11.5 Å². The third-order valence-electron chi connectivity index (χ3n) is 4.67. The molecule has 0 fully saturated rings. The zero-order chi connectivity index (χ0) is 18.3. The largest absolute Gasteiger partial charge is 0.484 e. The molecule has 3 aromatic rings. The van der Waals surface area contributed by atoms with Crippen LogP contribution in [0.1, 0.15) is 39.1 Å². The number of aryl methyl sites for hydroxylation is 1. The van der Waals surface area contributed by atoms with Crippen molar-refractivity contribution in [1.29, 1.82) is 0 Å². The molecule has 0 aliphatic carbocycles. The highest BCUT2D eigenvalue weighted by Gasteiger charge is 2.39. The third kappa shape index (κ3) is 3.14. The molecule has 0 N–H and O–H groups in total. The minimum Gasteiger partial charge on any atom is -0.484 e. The molecule has 0 saturated carbocycles. The molecule has 1 heterocycles. The summed E-state index contributed by atoms with van der Waals surface area (Å²) in [4.78, 5) is 13.3. The topological polar surface area (TPSA) is 26.3 Å². The summed E-state index contributed by atoms with van der Waals surface area (Å²) in [6, 6.07) is 19.7. The van der Waals surface area contributed by atoms with Crippen molar-refractivity contribution in [1.82, 2.24) is 0 Å². The molecular weight excluding hydrogens is 442 g/mol. The molecule has 0 amide bonds. The van der Waals surface area contributed by atoms with Crippen LogP contribution in [-0.2, 0) is 0 Å². The van der Waals surface area contributed by atoms with Crippen molar-refractivity contribution in [3.63, 3.8) is 0 Å². The average molecular weight is 458 g/mol. The van der Waals surface area contributed by atoms with Crippen LogP contribution in [0.2, 0.25) is 0 Å². The number of ketones is 1. The van der Waals surface area contributed by atoms with E-state index in [0.717, 1.165) is 20.3 Å². The van der Waals surface area contributed by atoms with Gasteiger partial charge in [-0.25, -0.2) is 4.39 Å². The molecule has 4 rings (SSSR count). The summed E-state index contributed by atoms with van der Waals surface area (Å²) >= 11 is 2.25. The van der Waals surface area contributed by atoms with Crippen LogP contribution in [0.5, 0.6) is 5.75 Å². The molecule has 3 aromatic carbocycles. The number of halogens is 2. The predicted molar refractivity (Wildman–Crippen MR) is 107 cm³/mol. The lowest BCUT2D eigenvalue weighted by Crippen LogP contribution is -2.30. The van der Waals surface area contributed by atoms with E-state index < -0.39 is 12.0 Å². The highest BCUT2D eigenvalue weighted by molar-refractivity contribution is 14.1. The first kappa shape index (κ1) is 17.2. The molecular formula is C22H16FIO2. The molecule has 2 atom stereocenters. The van der Waals surface area contributed by atoms with Gasteiger partial charge in [-0.05, 0) is 82.6 Å². The second-order valence-electron chi connectivity index (χ2n) is 6.48. The fraction of sp³-hybridized carbons (Fsp3) is 0.136. The maximum atomic E-state index is 13.4. The van der Waals surface area contributed by atoms with Gasteiger partial charge < -0.3 is 4.74 Å². The van der Waals surface area contributed by atoms with Crippen LogP contribution in [0.15, 0.2) is 66.7 Å². The quantitative estimate of drug-likeness (QED) is 0.452. The Morgan fingerprint density at radius 3 is 2.27 bits per heavy atom. The summed E-state index contributed by atoms with van der Waals surface area (Å²) in [6.45, 7) is 1.97. The van der Waals surface area contributed by atoms with E-state index in [1.54, 1.807) is 12.1 Å². The van der Waals surface area contributed by atoms with Crippen molar-refractivity contribution in [3.8, 4) is 5.75 Å². The Kier molecular flexibility index (Phi) is 4.53. The summed E-state index contributed by atoms with van der Waals surface area (Å²) in [5.41, 5.74) is 3.30. The first-order valence-corrected chi connectivity index (χ1v) is 9.43. The van der Waals surface area contributed by atoms with Crippen LogP contribution in [0.3, 0.4) is 0 Å².